The summed E-state index contributed by atoms with van der Waals surface area (Å²) in [5.74, 6) is -0.423. The molecule has 0 radical (unpaired) electrons. The summed E-state index contributed by atoms with van der Waals surface area (Å²) in [6.07, 6.45) is 0.819. The van der Waals surface area contributed by atoms with Gasteiger partial charge in [0.05, 0.1) is 12.2 Å². The first-order valence-electron chi connectivity index (χ1n) is 8.13. The SMILES string of the molecule is CCOC(=O)c1c(NC(=O)C(C)(C)C)sc2c1CCN(CC)C2. The first kappa shape index (κ1) is 17.9. The van der Waals surface area contributed by atoms with Gasteiger partial charge in [0.15, 0.2) is 0 Å². The lowest BCUT2D eigenvalue weighted by atomic mass is 9.95. The molecule has 0 bridgehead atoms. The van der Waals surface area contributed by atoms with E-state index < -0.39 is 5.41 Å². The third-order valence-electron chi connectivity index (χ3n) is 3.97. The lowest BCUT2D eigenvalue weighted by Crippen LogP contribution is -2.30. The molecule has 0 saturated carbocycles. The maximum absolute atomic E-state index is 12.4. The molecule has 0 saturated heterocycles. The van der Waals surface area contributed by atoms with Gasteiger partial charge in [0.25, 0.3) is 0 Å². The van der Waals surface area contributed by atoms with Gasteiger partial charge < -0.3 is 10.1 Å². The number of ether oxygens (including phenoxy) is 1. The van der Waals surface area contributed by atoms with E-state index in [1.165, 1.54) is 11.3 Å². The lowest BCUT2D eigenvalue weighted by Gasteiger charge is -2.25. The normalized spacial score (nSPS) is 15.2. The minimum absolute atomic E-state index is 0.0889. The molecule has 0 spiro atoms. The van der Waals surface area contributed by atoms with Crippen LogP contribution in [0.5, 0.6) is 0 Å². The second kappa shape index (κ2) is 7.01. The molecule has 1 aromatic rings. The number of amides is 1. The number of rotatable bonds is 4. The van der Waals surface area contributed by atoms with E-state index in [2.05, 4.69) is 17.1 Å². The van der Waals surface area contributed by atoms with Crippen molar-refractivity contribution < 1.29 is 14.3 Å². The van der Waals surface area contributed by atoms with Gasteiger partial charge in [-0.05, 0) is 25.5 Å². The third kappa shape index (κ3) is 3.93. The quantitative estimate of drug-likeness (QED) is 0.856. The molecule has 23 heavy (non-hydrogen) atoms. The van der Waals surface area contributed by atoms with E-state index in [4.69, 9.17) is 4.74 Å². The fourth-order valence-electron chi connectivity index (χ4n) is 2.52. The summed E-state index contributed by atoms with van der Waals surface area (Å²) in [6, 6.07) is 0. The highest BCUT2D eigenvalue weighted by molar-refractivity contribution is 7.17. The Bertz CT molecular complexity index is 602. The number of likely N-dealkylation sites (N-methyl/N-ethyl adjacent to an activating group) is 1. The van der Waals surface area contributed by atoms with Crippen molar-refractivity contribution in [2.75, 3.05) is 25.0 Å². The van der Waals surface area contributed by atoms with E-state index in [1.807, 2.05) is 20.8 Å². The molecule has 1 aromatic heterocycles. The number of hydrogen-bond donors (Lipinski definition) is 1. The van der Waals surface area contributed by atoms with Crippen LogP contribution < -0.4 is 5.32 Å². The van der Waals surface area contributed by atoms with Crippen LogP contribution in [0.25, 0.3) is 0 Å². The average molecular weight is 338 g/mol. The lowest BCUT2D eigenvalue weighted by molar-refractivity contribution is -0.123. The molecule has 0 atom stereocenters. The molecule has 1 N–H and O–H groups in total. The van der Waals surface area contributed by atoms with Gasteiger partial charge in [0, 0.05) is 23.4 Å². The zero-order chi connectivity index (χ0) is 17.2. The molecule has 2 heterocycles. The highest BCUT2D eigenvalue weighted by Gasteiger charge is 2.31. The number of carbonyl (C=O) groups excluding carboxylic acids is 2. The number of hydrogen-bond acceptors (Lipinski definition) is 5. The van der Waals surface area contributed by atoms with E-state index in [-0.39, 0.29) is 11.9 Å². The molecule has 0 fully saturated rings. The first-order chi connectivity index (χ1) is 10.8. The van der Waals surface area contributed by atoms with Crippen molar-refractivity contribution in [1.82, 2.24) is 4.90 Å². The molecule has 128 valence electrons. The summed E-state index contributed by atoms with van der Waals surface area (Å²) in [7, 11) is 0. The van der Waals surface area contributed by atoms with E-state index in [1.54, 1.807) is 6.92 Å². The smallest absolute Gasteiger partial charge is 0.341 e. The van der Waals surface area contributed by atoms with Crippen LogP contribution in [-0.4, -0.2) is 36.5 Å². The van der Waals surface area contributed by atoms with Crippen molar-refractivity contribution in [2.24, 2.45) is 5.41 Å². The Morgan fingerprint density at radius 3 is 2.57 bits per heavy atom. The fraction of sp³-hybridized carbons (Fsp3) is 0.647. The summed E-state index contributed by atoms with van der Waals surface area (Å²) in [5.41, 5.74) is 1.09. The largest absolute Gasteiger partial charge is 0.462 e. The van der Waals surface area contributed by atoms with Crippen molar-refractivity contribution in [3.63, 3.8) is 0 Å². The summed E-state index contributed by atoms with van der Waals surface area (Å²) in [4.78, 5) is 28.2. The van der Waals surface area contributed by atoms with Crippen molar-refractivity contribution in [1.29, 1.82) is 0 Å². The van der Waals surface area contributed by atoms with Gasteiger partial charge in [-0.1, -0.05) is 27.7 Å². The Morgan fingerprint density at radius 2 is 2.00 bits per heavy atom. The highest BCUT2D eigenvalue weighted by atomic mass is 32.1. The number of fused-ring (bicyclic) bond motifs is 1. The van der Waals surface area contributed by atoms with Crippen molar-refractivity contribution in [3.8, 4) is 0 Å². The predicted octanol–water partition coefficient (Wildman–Crippen LogP) is 3.29. The van der Waals surface area contributed by atoms with Crippen LogP contribution in [0.4, 0.5) is 5.00 Å². The van der Waals surface area contributed by atoms with Gasteiger partial charge in [-0.25, -0.2) is 4.79 Å². The maximum Gasteiger partial charge on any atom is 0.341 e. The molecular formula is C17H26N2O3S. The molecule has 1 aliphatic rings. The van der Waals surface area contributed by atoms with E-state index in [0.29, 0.717) is 17.2 Å². The van der Waals surface area contributed by atoms with Crippen LogP contribution in [-0.2, 0) is 22.5 Å². The van der Waals surface area contributed by atoms with Crippen LogP contribution in [0, 0.1) is 5.41 Å². The van der Waals surface area contributed by atoms with Gasteiger partial charge in [-0.15, -0.1) is 11.3 Å². The summed E-state index contributed by atoms with van der Waals surface area (Å²) in [6.45, 7) is 12.6. The predicted molar refractivity (Wildman–Crippen MR) is 93.0 cm³/mol. The molecule has 6 heteroatoms. The van der Waals surface area contributed by atoms with Gasteiger partial charge >= 0.3 is 5.97 Å². The third-order valence-corrected chi connectivity index (χ3v) is 5.10. The van der Waals surface area contributed by atoms with Crippen LogP contribution in [0.3, 0.4) is 0 Å². The Hall–Kier alpha value is -1.40. The van der Waals surface area contributed by atoms with Gasteiger partial charge in [0.2, 0.25) is 5.91 Å². The molecule has 1 aliphatic heterocycles. The van der Waals surface area contributed by atoms with Gasteiger partial charge in [-0.3, -0.25) is 9.69 Å². The van der Waals surface area contributed by atoms with Crippen LogP contribution in [0.2, 0.25) is 0 Å². The minimum atomic E-state index is -0.508. The minimum Gasteiger partial charge on any atom is -0.462 e. The summed E-state index contributed by atoms with van der Waals surface area (Å²) >= 11 is 1.51. The second-order valence-corrected chi connectivity index (χ2v) is 7.86. The Balaban J connectivity index is 2.38. The van der Waals surface area contributed by atoms with E-state index in [0.717, 1.165) is 36.5 Å². The molecular weight excluding hydrogens is 312 g/mol. The number of thiophene rings is 1. The first-order valence-corrected chi connectivity index (χ1v) is 8.95. The number of anilines is 1. The number of nitrogens with one attached hydrogen (secondary N) is 1. The number of nitrogens with zero attached hydrogens (tertiary/aromatic N) is 1. The van der Waals surface area contributed by atoms with E-state index >= 15 is 0 Å². The zero-order valence-electron chi connectivity index (χ0n) is 14.6. The Morgan fingerprint density at radius 1 is 1.30 bits per heavy atom. The number of carbonyl (C=O) groups is 2. The highest BCUT2D eigenvalue weighted by Crippen LogP contribution is 2.38. The van der Waals surface area contributed by atoms with Crippen molar-refractivity contribution in [2.45, 2.75) is 47.6 Å². The van der Waals surface area contributed by atoms with Crippen molar-refractivity contribution >= 4 is 28.2 Å². The molecule has 1 amide bonds. The molecule has 5 nitrogen and oxygen atoms in total. The van der Waals surface area contributed by atoms with Gasteiger partial charge in [0.1, 0.15) is 5.00 Å². The van der Waals surface area contributed by atoms with Crippen LogP contribution in [0.15, 0.2) is 0 Å². The Labute approximate surface area is 142 Å². The molecule has 2 rings (SSSR count). The average Bonchev–Trinajstić information content (AvgIpc) is 2.83. The topological polar surface area (TPSA) is 58.6 Å². The molecule has 0 aliphatic carbocycles. The maximum atomic E-state index is 12.4. The Kier molecular flexibility index (Phi) is 5.47. The van der Waals surface area contributed by atoms with Crippen LogP contribution >= 0.6 is 11.3 Å². The van der Waals surface area contributed by atoms with Crippen LogP contribution in [0.1, 0.15) is 55.4 Å². The van der Waals surface area contributed by atoms with Gasteiger partial charge in [-0.2, -0.15) is 0 Å². The molecule has 0 aromatic carbocycles. The summed E-state index contributed by atoms with van der Waals surface area (Å²) in [5, 5.41) is 3.57. The molecule has 0 unspecified atom stereocenters. The summed E-state index contributed by atoms with van der Waals surface area (Å²) < 4.78 is 5.22. The van der Waals surface area contributed by atoms with E-state index in [9.17, 15) is 9.59 Å². The number of esters is 1. The fourth-order valence-corrected chi connectivity index (χ4v) is 3.80. The second-order valence-electron chi connectivity index (χ2n) is 6.75. The van der Waals surface area contributed by atoms with Crippen molar-refractivity contribution in [3.05, 3.63) is 16.0 Å². The zero-order valence-corrected chi connectivity index (χ0v) is 15.4. The monoisotopic (exact) mass is 338 g/mol. The standard InChI is InChI=1S/C17H26N2O3S/c1-6-19-9-8-11-12(10-19)23-14(13(11)15(20)22-7-2)18-16(21)17(3,4)5/h6-10H2,1-5H3,(H,18,21).